The van der Waals surface area contributed by atoms with Crippen LogP contribution in [0.25, 0.3) is 0 Å². The molecule has 16 heavy (non-hydrogen) atoms. The number of hydrogen-bond donors (Lipinski definition) is 0. The van der Waals surface area contributed by atoms with Gasteiger partial charge in [0.25, 0.3) is 0 Å². The van der Waals surface area contributed by atoms with E-state index in [1.807, 2.05) is 23.3 Å². The van der Waals surface area contributed by atoms with Crippen LogP contribution in [-0.2, 0) is 20.0 Å². The first kappa shape index (κ1) is 10.9. The van der Waals surface area contributed by atoms with Gasteiger partial charge in [0.05, 0.1) is 23.6 Å². The van der Waals surface area contributed by atoms with Gasteiger partial charge in [0, 0.05) is 12.7 Å². The van der Waals surface area contributed by atoms with E-state index in [2.05, 4.69) is 36.2 Å². The highest BCUT2D eigenvalue weighted by Gasteiger charge is 2.07. The normalized spacial score (nSPS) is 11.0. The molecular formula is C12H18N4. The van der Waals surface area contributed by atoms with E-state index in [-0.39, 0.29) is 0 Å². The third-order valence-corrected chi connectivity index (χ3v) is 2.80. The van der Waals surface area contributed by atoms with Crippen LogP contribution in [-0.4, -0.2) is 19.6 Å². The Morgan fingerprint density at radius 1 is 1.19 bits per heavy atom. The van der Waals surface area contributed by atoms with Crippen molar-refractivity contribution < 1.29 is 0 Å². The second-order valence-electron chi connectivity index (χ2n) is 4.19. The van der Waals surface area contributed by atoms with Crippen molar-refractivity contribution in [3.05, 3.63) is 34.9 Å². The molecule has 0 saturated heterocycles. The standard InChI is InChI=1S/C12H18N4/c1-5-11-7-12(15(4)14-11)8-16-10(3)6-9(2)13-16/h6-7H,5,8H2,1-4H3. The van der Waals surface area contributed by atoms with Crippen LogP contribution in [0.4, 0.5) is 0 Å². The van der Waals surface area contributed by atoms with E-state index < -0.39 is 0 Å². The Morgan fingerprint density at radius 2 is 1.94 bits per heavy atom. The number of hydrogen-bond acceptors (Lipinski definition) is 2. The van der Waals surface area contributed by atoms with Gasteiger partial charge < -0.3 is 0 Å². The first-order valence-electron chi connectivity index (χ1n) is 5.63. The SMILES string of the molecule is CCc1cc(Cn2nc(C)cc2C)n(C)n1. The lowest BCUT2D eigenvalue weighted by molar-refractivity contribution is 0.603. The van der Waals surface area contributed by atoms with Crippen LogP contribution in [0.3, 0.4) is 0 Å². The maximum absolute atomic E-state index is 4.46. The molecule has 0 aliphatic heterocycles. The summed E-state index contributed by atoms with van der Waals surface area (Å²) in [7, 11) is 1.99. The van der Waals surface area contributed by atoms with Crippen LogP contribution in [0.5, 0.6) is 0 Å². The van der Waals surface area contributed by atoms with Crippen molar-refractivity contribution in [1.82, 2.24) is 19.6 Å². The fourth-order valence-electron chi connectivity index (χ4n) is 1.88. The van der Waals surface area contributed by atoms with Gasteiger partial charge in [-0.25, -0.2) is 0 Å². The Kier molecular flexibility index (Phi) is 2.81. The molecule has 0 radical (unpaired) electrons. The third kappa shape index (κ3) is 2.01. The summed E-state index contributed by atoms with van der Waals surface area (Å²) < 4.78 is 3.96. The topological polar surface area (TPSA) is 35.6 Å². The smallest absolute Gasteiger partial charge is 0.0831 e. The van der Waals surface area contributed by atoms with E-state index in [1.165, 1.54) is 11.4 Å². The molecule has 0 unspecified atom stereocenters. The van der Waals surface area contributed by atoms with Gasteiger partial charge in [0.15, 0.2) is 0 Å². The van der Waals surface area contributed by atoms with Gasteiger partial charge in [-0.2, -0.15) is 10.2 Å². The van der Waals surface area contributed by atoms with Crippen molar-refractivity contribution in [3.63, 3.8) is 0 Å². The predicted molar refractivity (Wildman–Crippen MR) is 63.4 cm³/mol. The van der Waals surface area contributed by atoms with Crippen molar-refractivity contribution in [2.75, 3.05) is 0 Å². The molecular weight excluding hydrogens is 200 g/mol. The molecule has 0 aliphatic carbocycles. The van der Waals surface area contributed by atoms with Crippen LogP contribution in [0.1, 0.15) is 29.7 Å². The summed E-state index contributed by atoms with van der Waals surface area (Å²) in [5, 5.41) is 8.89. The van der Waals surface area contributed by atoms with Crippen LogP contribution in [0.2, 0.25) is 0 Å². The maximum Gasteiger partial charge on any atom is 0.0831 e. The highest BCUT2D eigenvalue weighted by Crippen LogP contribution is 2.08. The Morgan fingerprint density at radius 3 is 2.44 bits per heavy atom. The lowest BCUT2D eigenvalue weighted by atomic mass is 10.3. The largest absolute Gasteiger partial charge is 0.270 e. The molecule has 0 atom stereocenters. The Balaban J connectivity index is 2.26. The van der Waals surface area contributed by atoms with Crippen LogP contribution < -0.4 is 0 Å². The van der Waals surface area contributed by atoms with Crippen molar-refractivity contribution in [1.29, 1.82) is 0 Å². The first-order valence-corrected chi connectivity index (χ1v) is 5.63. The van der Waals surface area contributed by atoms with Gasteiger partial charge in [0.2, 0.25) is 0 Å². The molecule has 0 aliphatic rings. The number of aromatic nitrogens is 4. The number of aryl methyl sites for hydroxylation is 4. The van der Waals surface area contributed by atoms with E-state index in [1.54, 1.807) is 0 Å². The van der Waals surface area contributed by atoms with Gasteiger partial charge in [-0.05, 0) is 32.4 Å². The lowest BCUT2D eigenvalue weighted by Crippen LogP contribution is -2.08. The number of nitrogens with zero attached hydrogens (tertiary/aromatic N) is 4. The molecule has 0 amide bonds. The molecule has 2 aromatic heterocycles. The average molecular weight is 218 g/mol. The van der Waals surface area contributed by atoms with Gasteiger partial charge in [0.1, 0.15) is 0 Å². The zero-order valence-electron chi connectivity index (χ0n) is 10.4. The van der Waals surface area contributed by atoms with E-state index in [9.17, 15) is 0 Å². The summed E-state index contributed by atoms with van der Waals surface area (Å²) in [4.78, 5) is 0. The Hall–Kier alpha value is -1.58. The molecule has 2 aromatic rings. The fraction of sp³-hybridized carbons (Fsp3) is 0.500. The van der Waals surface area contributed by atoms with Crippen molar-refractivity contribution in [2.24, 2.45) is 7.05 Å². The highest BCUT2D eigenvalue weighted by molar-refractivity contribution is 5.13. The van der Waals surface area contributed by atoms with Gasteiger partial charge in [-0.15, -0.1) is 0 Å². The Labute approximate surface area is 95.9 Å². The summed E-state index contributed by atoms with van der Waals surface area (Å²) in [6.07, 6.45) is 0.977. The Bertz CT molecular complexity index is 493. The molecule has 0 spiro atoms. The van der Waals surface area contributed by atoms with Crippen molar-refractivity contribution in [2.45, 2.75) is 33.7 Å². The fourth-order valence-corrected chi connectivity index (χ4v) is 1.88. The van der Waals surface area contributed by atoms with Crippen molar-refractivity contribution >= 4 is 0 Å². The molecule has 4 nitrogen and oxygen atoms in total. The van der Waals surface area contributed by atoms with E-state index in [0.29, 0.717) is 0 Å². The molecule has 0 N–H and O–H groups in total. The molecule has 2 heterocycles. The molecule has 0 aromatic carbocycles. The third-order valence-electron chi connectivity index (χ3n) is 2.80. The minimum Gasteiger partial charge on any atom is -0.270 e. The number of rotatable bonds is 3. The summed E-state index contributed by atoms with van der Waals surface area (Å²) in [5.41, 5.74) is 4.59. The molecule has 86 valence electrons. The quantitative estimate of drug-likeness (QED) is 0.788. The van der Waals surface area contributed by atoms with Gasteiger partial charge in [-0.1, -0.05) is 6.92 Å². The minimum atomic E-state index is 0.795. The van der Waals surface area contributed by atoms with Gasteiger partial charge in [-0.3, -0.25) is 9.36 Å². The molecule has 0 bridgehead atoms. The monoisotopic (exact) mass is 218 g/mol. The molecule has 0 saturated carbocycles. The van der Waals surface area contributed by atoms with E-state index in [4.69, 9.17) is 0 Å². The summed E-state index contributed by atoms with van der Waals surface area (Å²) in [6, 6.07) is 4.24. The molecule has 2 rings (SSSR count). The van der Waals surface area contributed by atoms with E-state index >= 15 is 0 Å². The molecule has 4 heteroatoms. The van der Waals surface area contributed by atoms with Crippen LogP contribution in [0, 0.1) is 13.8 Å². The van der Waals surface area contributed by atoms with E-state index in [0.717, 1.165) is 24.4 Å². The average Bonchev–Trinajstić information content (AvgIpc) is 2.72. The highest BCUT2D eigenvalue weighted by atomic mass is 15.3. The van der Waals surface area contributed by atoms with Crippen LogP contribution >= 0.6 is 0 Å². The van der Waals surface area contributed by atoms with Gasteiger partial charge >= 0.3 is 0 Å². The van der Waals surface area contributed by atoms with Crippen molar-refractivity contribution in [3.8, 4) is 0 Å². The molecule has 0 fully saturated rings. The summed E-state index contributed by atoms with van der Waals surface area (Å²) in [6.45, 7) is 7.01. The second-order valence-corrected chi connectivity index (χ2v) is 4.19. The zero-order valence-corrected chi connectivity index (χ0v) is 10.4. The maximum atomic E-state index is 4.46. The lowest BCUT2D eigenvalue weighted by Gasteiger charge is -2.04. The van der Waals surface area contributed by atoms with Crippen LogP contribution in [0.15, 0.2) is 12.1 Å². The summed E-state index contributed by atoms with van der Waals surface area (Å²) >= 11 is 0. The second kappa shape index (κ2) is 4.12. The predicted octanol–water partition coefficient (Wildman–Crippen LogP) is 1.84. The minimum absolute atomic E-state index is 0.795. The summed E-state index contributed by atoms with van der Waals surface area (Å²) in [5.74, 6) is 0. The first-order chi connectivity index (χ1) is 7.60. The zero-order chi connectivity index (χ0) is 11.7.